The van der Waals surface area contributed by atoms with Gasteiger partial charge in [0.1, 0.15) is 12.4 Å². The van der Waals surface area contributed by atoms with Crippen LogP contribution in [0.25, 0.3) is 6.08 Å². The minimum absolute atomic E-state index is 0.345. The van der Waals surface area contributed by atoms with E-state index < -0.39 is 0 Å². The molecule has 1 aromatic carbocycles. The van der Waals surface area contributed by atoms with E-state index in [1.165, 1.54) is 6.08 Å². The Kier molecular flexibility index (Phi) is 5.64. The van der Waals surface area contributed by atoms with Crippen molar-refractivity contribution in [2.24, 2.45) is 0 Å². The lowest BCUT2D eigenvalue weighted by Crippen LogP contribution is -2.02. The van der Waals surface area contributed by atoms with Gasteiger partial charge in [0, 0.05) is 11.4 Å². The zero-order chi connectivity index (χ0) is 11.8. The number of alkyl halides is 1. The van der Waals surface area contributed by atoms with Gasteiger partial charge in [0.05, 0.1) is 7.11 Å². The molecule has 4 heteroatoms. The fourth-order valence-corrected chi connectivity index (χ4v) is 1.26. The molecule has 0 spiro atoms. The highest BCUT2D eigenvalue weighted by molar-refractivity contribution is 9.09. The number of carbonyl (C=O) groups excluding carboxylic acids is 1. The van der Waals surface area contributed by atoms with Crippen LogP contribution in [0.15, 0.2) is 30.3 Å². The van der Waals surface area contributed by atoms with Crippen molar-refractivity contribution >= 4 is 28.0 Å². The first-order valence-corrected chi connectivity index (χ1v) is 5.93. The first kappa shape index (κ1) is 12.8. The van der Waals surface area contributed by atoms with Gasteiger partial charge >= 0.3 is 5.97 Å². The summed E-state index contributed by atoms with van der Waals surface area (Å²) in [7, 11) is 1.60. The number of methoxy groups -OCH3 is 1. The lowest BCUT2D eigenvalue weighted by atomic mass is 10.2. The highest BCUT2D eigenvalue weighted by Crippen LogP contribution is 2.13. The number of hydrogen-bond acceptors (Lipinski definition) is 3. The molecule has 1 rings (SSSR count). The Bertz CT molecular complexity index is 374. The van der Waals surface area contributed by atoms with Crippen molar-refractivity contribution in [3.63, 3.8) is 0 Å². The fraction of sp³-hybridized carbons (Fsp3) is 0.250. The van der Waals surface area contributed by atoms with Crippen LogP contribution >= 0.6 is 15.9 Å². The van der Waals surface area contributed by atoms with Crippen molar-refractivity contribution in [3.8, 4) is 5.75 Å². The van der Waals surface area contributed by atoms with Gasteiger partial charge in [-0.1, -0.05) is 28.1 Å². The van der Waals surface area contributed by atoms with E-state index in [0.717, 1.165) is 11.3 Å². The van der Waals surface area contributed by atoms with Crippen molar-refractivity contribution in [1.29, 1.82) is 0 Å². The molecule has 0 amide bonds. The molecule has 0 aliphatic rings. The topological polar surface area (TPSA) is 35.5 Å². The first-order valence-electron chi connectivity index (χ1n) is 4.81. The van der Waals surface area contributed by atoms with Crippen LogP contribution in [0, 0.1) is 0 Å². The van der Waals surface area contributed by atoms with Gasteiger partial charge in [0.2, 0.25) is 0 Å². The zero-order valence-electron chi connectivity index (χ0n) is 8.98. The minimum atomic E-state index is -0.345. The Morgan fingerprint density at radius 1 is 1.50 bits per heavy atom. The predicted octanol–water partition coefficient (Wildman–Crippen LogP) is 2.65. The number of halogens is 1. The summed E-state index contributed by atoms with van der Waals surface area (Å²) < 4.78 is 9.94. The number of rotatable bonds is 5. The Labute approximate surface area is 103 Å². The van der Waals surface area contributed by atoms with E-state index in [2.05, 4.69) is 15.9 Å². The third-order valence-electron chi connectivity index (χ3n) is 1.83. The van der Waals surface area contributed by atoms with Gasteiger partial charge in [-0.15, -0.1) is 0 Å². The van der Waals surface area contributed by atoms with Crippen molar-refractivity contribution in [1.82, 2.24) is 0 Å². The van der Waals surface area contributed by atoms with Crippen LogP contribution in [-0.4, -0.2) is 25.0 Å². The normalized spacial score (nSPS) is 10.4. The molecule has 0 N–H and O–H groups in total. The lowest BCUT2D eigenvalue weighted by molar-refractivity contribution is -0.137. The summed E-state index contributed by atoms with van der Waals surface area (Å²) in [5.41, 5.74) is 0.898. The average Bonchev–Trinajstić information content (AvgIpc) is 2.34. The maximum absolute atomic E-state index is 11.2. The summed E-state index contributed by atoms with van der Waals surface area (Å²) in [5.74, 6) is 0.415. The van der Waals surface area contributed by atoms with E-state index in [-0.39, 0.29) is 5.97 Å². The van der Waals surface area contributed by atoms with Crippen LogP contribution in [0.2, 0.25) is 0 Å². The molecule has 0 atom stereocenters. The number of benzene rings is 1. The molecule has 0 radical (unpaired) electrons. The maximum atomic E-state index is 11.2. The zero-order valence-corrected chi connectivity index (χ0v) is 10.6. The third-order valence-corrected chi connectivity index (χ3v) is 2.15. The second-order valence-electron chi connectivity index (χ2n) is 2.97. The molecule has 0 saturated carbocycles. The molecule has 0 bridgehead atoms. The van der Waals surface area contributed by atoms with Gasteiger partial charge < -0.3 is 9.47 Å². The number of ether oxygens (including phenoxy) is 2. The molecule has 3 nitrogen and oxygen atoms in total. The maximum Gasteiger partial charge on any atom is 0.330 e. The van der Waals surface area contributed by atoms with Crippen LogP contribution in [0.4, 0.5) is 0 Å². The van der Waals surface area contributed by atoms with Crippen LogP contribution < -0.4 is 4.74 Å². The molecule has 86 valence electrons. The Balaban J connectivity index is 2.58. The highest BCUT2D eigenvalue weighted by Gasteiger charge is 1.96. The van der Waals surface area contributed by atoms with Crippen molar-refractivity contribution in [2.75, 3.05) is 19.0 Å². The average molecular weight is 285 g/mol. The molecule has 0 unspecified atom stereocenters. The largest absolute Gasteiger partial charge is 0.497 e. The van der Waals surface area contributed by atoms with Gasteiger partial charge in [-0.05, 0) is 23.8 Å². The smallest absolute Gasteiger partial charge is 0.330 e. The molecular formula is C12H13BrO3. The predicted molar refractivity (Wildman–Crippen MR) is 66.8 cm³/mol. The van der Waals surface area contributed by atoms with E-state index in [4.69, 9.17) is 9.47 Å². The van der Waals surface area contributed by atoms with E-state index in [1.807, 2.05) is 24.3 Å². The SMILES string of the molecule is COc1cccc(C=CC(=O)OCCBr)c1. The second-order valence-corrected chi connectivity index (χ2v) is 3.76. The highest BCUT2D eigenvalue weighted by atomic mass is 79.9. The first-order chi connectivity index (χ1) is 7.76. The van der Waals surface area contributed by atoms with Crippen LogP contribution in [0.5, 0.6) is 5.75 Å². The summed E-state index contributed by atoms with van der Waals surface area (Å²) >= 11 is 3.17. The van der Waals surface area contributed by atoms with Crippen LogP contribution in [0.3, 0.4) is 0 Å². The van der Waals surface area contributed by atoms with E-state index >= 15 is 0 Å². The van der Waals surface area contributed by atoms with Gasteiger partial charge in [0.25, 0.3) is 0 Å². The van der Waals surface area contributed by atoms with E-state index in [1.54, 1.807) is 13.2 Å². The summed E-state index contributed by atoms with van der Waals surface area (Å²) in [5, 5.41) is 0.645. The van der Waals surface area contributed by atoms with Gasteiger partial charge in [0.15, 0.2) is 0 Å². The summed E-state index contributed by atoms with van der Waals surface area (Å²) in [4.78, 5) is 11.2. The van der Waals surface area contributed by atoms with Gasteiger partial charge in [-0.2, -0.15) is 0 Å². The van der Waals surface area contributed by atoms with Crippen LogP contribution in [-0.2, 0) is 9.53 Å². The summed E-state index contributed by atoms with van der Waals surface area (Å²) in [6, 6.07) is 7.44. The minimum Gasteiger partial charge on any atom is -0.497 e. The Morgan fingerprint density at radius 2 is 2.31 bits per heavy atom. The van der Waals surface area contributed by atoms with E-state index in [9.17, 15) is 4.79 Å². The summed E-state index contributed by atoms with van der Waals surface area (Å²) in [6.07, 6.45) is 3.09. The molecular weight excluding hydrogens is 272 g/mol. The number of esters is 1. The fourth-order valence-electron chi connectivity index (χ4n) is 1.10. The second kappa shape index (κ2) is 7.06. The molecule has 0 aliphatic carbocycles. The molecule has 0 aliphatic heterocycles. The Hall–Kier alpha value is -1.29. The van der Waals surface area contributed by atoms with Crippen LogP contribution in [0.1, 0.15) is 5.56 Å². The molecule has 0 heterocycles. The quantitative estimate of drug-likeness (QED) is 0.474. The lowest BCUT2D eigenvalue weighted by Gasteiger charge is -2.00. The molecule has 0 fully saturated rings. The Morgan fingerprint density at radius 3 is 3.00 bits per heavy atom. The van der Waals surface area contributed by atoms with Gasteiger partial charge in [-0.3, -0.25) is 0 Å². The van der Waals surface area contributed by atoms with Crippen molar-refractivity contribution < 1.29 is 14.3 Å². The molecule has 0 saturated heterocycles. The monoisotopic (exact) mass is 284 g/mol. The molecule has 0 aromatic heterocycles. The molecule has 16 heavy (non-hydrogen) atoms. The van der Waals surface area contributed by atoms with Crippen molar-refractivity contribution in [3.05, 3.63) is 35.9 Å². The third kappa shape index (κ3) is 4.49. The molecule has 1 aromatic rings. The number of carbonyl (C=O) groups is 1. The van der Waals surface area contributed by atoms with E-state index in [0.29, 0.717) is 11.9 Å². The van der Waals surface area contributed by atoms with Gasteiger partial charge in [-0.25, -0.2) is 4.79 Å². The summed E-state index contributed by atoms with van der Waals surface area (Å²) in [6.45, 7) is 0.376. The standard InChI is InChI=1S/C12H13BrO3/c1-15-11-4-2-3-10(9-11)5-6-12(14)16-8-7-13/h2-6,9H,7-8H2,1H3. The van der Waals surface area contributed by atoms with Crippen molar-refractivity contribution in [2.45, 2.75) is 0 Å². The number of hydrogen-bond donors (Lipinski definition) is 0.